The van der Waals surface area contributed by atoms with E-state index >= 15 is 0 Å². The van der Waals surface area contributed by atoms with Gasteiger partial charge >= 0.3 is 0 Å². The third kappa shape index (κ3) is 9.53. The lowest BCUT2D eigenvalue weighted by atomic mass is 10.3. The van der Waals surface area contributed by atoms with Crippen LogP contribution in [0.2, 0.25) is 0 Å². The molecule has 0 saturated heterocycles. The van der Waals surface area contributed by atoms with Crippen molar-refractivity contribution in [2.24, 2.45) is 0 Å². The SMILES string of the molecule is C=CCOCC(O)COCCCC. The molecule has 1 N–H and O–H groups in total. The maximum atomic E-state index is 9.29. The van der Waals surface area contributed by atoms with Crippen molar-refractivity contribution in [2.75, 3.05) is 26.4 Å². The molecule has 0 aromatic carbocycles. The zero-order chi connectivity index (χ0) is 9.94. The number of aliphatic hydroxyl groups is 1. The van der Waals surface area contributed by atoms with Crippen molar-refractivity contribution in [3.05, 3.63) is 12.7 Å². The Bertz CT molecular complexity index is 115. The smallest absolute Gasteiger partial charge is 0.101 e. The molecular formula is C10H20O3. The van der Waals surface area contributed by atoms with Gasteiger partial charge in [0.05, 0.1) is 19.8 Å². The number of hydrogen-bond acceptors (Lipinski definition) is 3. The normalized spacial score (nSPS) is 12.8. The first-order valence-corrected chi connectivity index (χ1v) is 4.75. The fourth-order valence-corrected chi connectivity index (χ4v) is 0.801. The molecule has 3 heteroatoms. The van der Waals surface area contributed by atoms with Crippen molar-refractivity contribution in [2.45, 2.75) is 25.9 Å². The van der Waals surface area contributed by atoms with E-state index in [4.69, 9.17) is 9.47 Å². The molecule has 0 aromatic heterocycles. The van der Waals surface area contributed by atoms with E-state index in [0.717, 1.165) is 19.4 Å². The van der Waals surface area contributed by atoms with Crippen LogP contribution < -0.4 is 0 Å². The molecular weight excluding hydrogens is 168 g/mol. The summed E-state index contributed by atoms with van der Waals surface area (Å²) in [7, 11) is 0. The van der Waals surface area contributed by atoms with Crippen molar-refractivity contribution in [1.82, 2.24) is 0 Å². The molecule has 0 aromatic rings. The van der Waals surface area contributed by atoms with Crippen molar-refractivity contribution >= 4 is 0 Å². The highest BCUT2D eigenvalue weighted by molar-refractivity contribution is 4.64. The minimum absolute atomic E-state index is 0.318. The molecule has 0 radical (unpaired) electrons. The Morgan fingerprint density at radius 2 is 2.08 bits per heavy atom. The summed E-state index contributed by atoms with van der Waals surface area (Å²) in [6.07, 6.45) is 3.30. The van der Waals surface area contributed by atoms with Gasteiger partial charge in [-0.25, -0.2) is 0 Å². The summed E-state index contributed by atoms with van der Waals surface area (Å²) in [5, 5.41) is 9.29. The van der Waals surface area contributed by atoms with Crippen LogP contribution in [0.5, 0.6) is 0 Å². The summed E-state index contributed by atoms with van der Waals surface area (Å²) < 4.78 is 10.3. The van der Waals surface area contributed by atoms with E-state index in [0.29, 0.717) is 19.8 Å². The Morgan fingerprint density at radius 1 is 1.38 bits per heavy atom. The molecule has 0 amide bonds. The van der Waals surface area contributed by atoms with Gasteiger partial charge in [-0.15, -0.1) is 6.58 Å². The summed E-state index contributed by atoms with van der Waals surface area (Å²) in [5.74, 6) is 0. The molecule has 0 spiro atoms. The maximum absolute atomic E-state index is 9.29. The predicted molar refractivity (Wildman–Crippen MR) is 52.7 cm³/mol. The zero-order valence-electron chi connectivity index (χ0n) is 8.37. The van der Waals surface area contributed by atoms with Gasteiger partial charge in [0.15, 0.2) is 0 Å². The summed E-state index contributed by atoms with van der Waals surface area (Å²) in [5.41, 5.74) is 0. The molecule has 0 aliphatic carbocycles. The van der Waals surface area contributed by atoms with Gasteiger partial charge in [0.25, 0.3) is 0 Å². The van der Waals surface area contributed by atoms with Crippen LogP contribution >= 0.6 is 0 Å². The summed E-state index contributed by atoms with van der Waals surface area (Å²) in [4.78, 5) is 0. The molecule has 1 atom stereocenters. The molecule has 0 aliphatic heterocycles. The van der Waals surface area contributed by atoms with E-state index in [9.17, 15) is 5.11 Å². The van der Waals surface area contributed by atoms with Gasteiger partial charge in [-0.2, -0.15) is 0 Å². The average Bonchev–Trinajstić information content (AvgIpc) is 2.13. The third-order valence-electron chi connectivity index (χ3n) is 1.50. The van der Waals surface area contributed by atoms with Gasteiger partial charge in [-0.05, 0) is 6.42 Å². The Labute approximate surface area is 80.4 Å². The Balaban J connectivity index is 3.09. The standard InChI is InChI=1S/C10H20O3/c1-3-5-7-13-9-10(11)8-12-6-4-2/h4,10-11H,2-3,5-9H2,1H3. The Hall–Kier alpha value is -0.380. The minimum atomic E-state index is -0.517. The van der Waals surface area contributed by atoms with E-state index in [2.05, 4.69) is 13.5 Å². The fourth-order valence-electron chi connectivity index (χ4n) is 0.801. The zero-order valence-corrected chi connectivity index (χ0v) is 8.37. The fraction of sp³-hybridized carbons (Fsp3) is 0.800. The maximum Gasteiger partial charge on any atom is 0.101 e. The summed E-state index contributed by atoms with van der Waals surface area (Å²) in [6, 6.07) is 0. The van der Waals surface area contributed by atoms with E-state index in [1.807, 2.05) is 0 Å². The summed E-state index contributed by atoms with van der Waals surface area (Å²) >= 11 is 0. The quantitative estimate of drug-likeness (QED) is 0.438. The van der Waals surface area contributed by atoms with Crippen LogP contribution in [0.25, 0.3) is 0 Å². The molecule has 13 heavy (non-hydrogen) atoms. The van der Waals surface area contributed by atoms with Gasteiger partial charge in [-0.1, -0.05) is 19.4 Å². The number of rotatable bonds is 9. The van der Waals surface area contributed by atoms with E-state index in [1.165, 1.54) is 0 Å². The van der Waals surface area contributed by atoms with Gasteiger partial charge in [0.2, 0.25) is 0 Å². The number of ether oxygens (including phenoxy) is 2. The lowest BCUT2D eigenvalue weighted by Gasteiger charge is -2.10. The average molecular weight is 188 g/mol. The minimum Gasteiger partial charge on any atom is -0.388 e. The largest absolute Gasteiger partial charge is 0.388 e. The second-order valence-corrected chi connectivity index (χ2v) is 2.91. The monoisotopic (exact) mass is 188 g/mol. The van der Waals surface area contributed by atoms with Crippen LogP contribution in [0.15, 0.2) is 12.7 Å². The first-order valence-electron chi connectivity index (χ1n) is 4.75. The van der Waals surface area contributed by atoms with Crippen LogP contribution in [-0.2, 0) is 9.47 Å². The van der Waals surface area contributed by atoms with E-state index in [1.54, 1.807) is 6.08 Å². The van der Waals surface area contributed by atoms with Crippen LogP contribution in [0.3, 0.4) is 0 Å². The van der Waals surface area contributed by atoms with Gasteiger partial charge in [0, 0.05) is 6.61 Å². The highest BCUT2D eigenvalue weighted by Crippen LogP contribution is 1.91. The van der Waals surface area contributed by atoms with Crippen LogP contribution in [0.4, 0.5) is 0 Å². The van der Waals surface area contributed by atoms with E-state index in [-0.39, 0.29) is 0 Å². The molecule has 1 unspecified atom stereocenters. The molecule has 0 heterocycles. The van der Waals surface area contributed by atoms with Gasteiger partial charge in [-0.3, -0.25) is 0 Å². The summed E-state index contributed by atoms with van der Waals surface area (Å²) in [6.45, 7) is 7.48. The van der Waals surface area contributed by atoms with Crippen LogP contribution in [-0.4, -0.2) is 37.6 Å². The second kappa shape index (κ2) is 9.71. The first-order chi connectivity index (χ1) is 6.31. The lowest BCUT2D eigenvalue weighted by Crippen LogP contribution is -2.22. The van der Waals surface area contributed by atoms with E-state index < -0.39 is 6.10 Å². The van der Waals surface area contributed by atoms with Crippen molar-refractivity contribution < 1.29 is 14.6 Å². The third-order valence-corrected chi connectivity index (χ3v) is 1.50. The predicted octanol–water partition coefficient (Wildman–Crippen LogP) is 1.37. The molecule has 78 valence electrons. The Kier molecular flexibility index (Phi) is 9.42. The van der Waals surface area contributed by atoms with Crippen molar-refractivity contribution in [3.63, 3.8) is 0 Å². The molecule has 0 rings (SSSR count). The first kappa shape index (κ1) is 12.6. The molecule has 0 saturated carbocycles. The topological polar surface area (TPSA) is 38.7 Å². The highest BCUT2D eigenvalue weighted by Gasteiger charge is 2.02. The highest BCUT2D eigenvalue weighted by atomic mass is 16.5. The molecule has 0 aliphatic rings. The van der Waals surface area contributed by atoms with Crippen molar-refractivity contribution in [1.29, 1.82) is 0 Å². The number of unbranched alkanes of at least 4 members (excludes halogenated alkanes) is 1. The second-order valence-electron chi connectivity index (χ2n) is 2.91. The Morgan fingerprint density at radius 3 is 2.69 bits per heavy atom. The number of aliphatic hydroxyl groups excluding tert-OH is 1. The van der Waals surface area contributed by atoms with Gasteiger partial charge < -0.3 is 14.6 Å². The van der Waals surface area contributed by atoms with Crippen LogP contribution in [0, 0.1) is 0 Å². The van der Waals surface area contributed by atoms with Crippen LogP contribution in [0.1, 0.15) is 19.8 Å². The number of hydrogen-bond donors (Lipinski definition) is 1. The van der Waals surface area contributed by atoms with Gasteiger partial charge in [0.1, 0.15) is 6.10 Å². The molecule has 0 fully saturated rings. The van der Waals surface area contributed by atoms with Crippen molar-refractivity contribution in [3.8, 4) is 0 Å². The molecule has 0 bridgehead atoms. The molecule has 3 nitrogen and oxygen atoms in total. The lowest BCUT2D eigenvalue weighted by molar-refractivity contribution is -0.0134.